The second kappa shape index (κ2) is 8.91. The summed E-state index contributed by atoms with van der Waals surface area (Å²) in [7, 11) is 1.63. The first kappa shape index (κ1) is 19.9. The molecule has 1 heterocycles. The molecular formula is C23H28N2O3. The van der Waals surface area contributed by atoms with E-state index in [1.54, 1.807) is 7.11 Å². The Kier molecular flexibility index (Phi) is 6.34. The third-order valence-corrected chi connectivity index (χ3v) is 5.31. The van der Waals surface area contributed by atoms with Gasteiger partial charge >= 0.3 is 0 Å². The largest absolute Gasteiger partial charge is 0.496 e. The van der Waals surface area contributed by atoms with Crippen molar-refractivity contribution in [2.24, 2.45) is 11.8 Å². The molecule has 0 spiro atoms. The first-order chi connectivity index (χ1) is 13.5. The number of likely N-dealkylation sites (tertiary alicyclic amines) is 1. The molecule has 1 aliphatic rings. The van der Waals surface area contributed by atoms with Gasteiger partial charge in [-0.15, -0.1) is 0 Å². The van der Waals surface area contributed by atoms with E-state index in [9.17, 15) is 9.59 Å². The molecule has 0 bridgehead atoms. The van der Waals surface area contributed by atoms with Crippen LogP contribution < -0.4 is 10.1 Å². The van der Waals surface area contributed by atoms with Crippen LogP contribution in [0.15, 0.2) is 54.6 Å². The highest BCUT2D eigenvalue weighted by atomic mass is 16.5. The average Bonchev–Trinajstić information content (AvgIpc) is 3.17. The molecule has 2 atom stereocenters. The second-order valence-corrected chi connectivity index (χ2v) is 7.56. The van der Waals surface area contributed by atoms with E-state index in [4.69, 9.17) is 4.74 Å². The van der Waals surface area contributed by atoms with Gasteiger partial charge in [0, 0.05) is 31.5 Å². The molecule has 2 amide bonds. The molecular weight excluding hydrogens is 352 g/mol. The number of benzene rings is 2. The van der Waals surface area contributed by atoms with Crippen molar-refractivity contribution in [3.8, 4) is 5.75 Å². The summed E-state index contributed by atoms with van der Waals surface area (Å²) in [5.74, 6) is 0.325. The van der Waals surface area contributed by atoms with Crippen LogP contribution in [-0.4, -0.2) is 36.9 Å². The van der Waals surface area contributed by atoms with Gasteiger partial charge in [0.25, 0.3) is 0 Å². The normalized spacial score (nSPS) is 18.9. The predicted molar refractivity (Wildman–Crippen MR) is 109 cm³/mol. The fraction of sp³-hybridized carbons (Fsp3) is 0.391. The van der Waals surface area contributed by atoms with Crippen LogP contribution in [-0.2, 0) is 16.1 Å². The van der Waals surface area contributed by atoms with Crippen LogP contribution in [0.25, 0.3) is 0 Å². The molecule has 3 rings (SSSR count). The van der Waals surface area contributed by atoms with Crippen LogP contribution in [0, 0.1) is 11.8 Å². The Hall–Kier alpha value is -2.82. The molecule has 0 aromatic heterocycles. The second-order valence-electron chi connectivity index (χ2n) is 7.56. The molecule has 0 saturated carbocycles. The first-order valence-electron chi connectivity index (χ1n) is 9.74. The highest BCUT2D eigenvalue weighted by Crippen LogP contribution is 2.38. The Morgan fingerprint density at radius 1 is 1.07 bits per heavy atom. The molecule has 2 aromatic rings. The zero-order chi connectivity index (χ0) is 20.1. The number of methoxy groups -OCH3 is 1. The Balaban J connectivity index is 1.82. The molecule has 0 aliphatic carbocycles. The molecule has 1 N–H and O–H groups in total. The molecule has 28 heavy (non-hydrogen) atoms. The summed E-state index contributed by atoms with van der Waals surface area (Å²) in [4.78, 5) is 27.5. The van der Waals surface area contributed by atoms with Crippen LogP contribution in [0.4, 0.5) is 0 Å². The van der Waals surface area contributed by atoms with Crippen LogP contribution in [0.1, 0.15) is 30.9 Å². The summed E-state index contributed by atoms with van der Waals surface area (Å²) >= 11 is 0. The number of para-hydroxylation sites is 1. The van der Waals surface area contributed by atoms with Crippen molar-refractivity contribution < 1.29 is 14.3 Å². The summed E-state index contributed by atoms with van der Waals surface area (Å²) < 4.78 is 5.52. The fourth-order valence-electron chi connectivity index (χ4n) is 3.82. The average molecular weight is 380 g/mol. The Labute approximate surface area is 166 Å². The van der Waals surface area contributed by atoms with Crippen LogP contribution in [0.2, 0.25) is 0 Å². The van der Waals surface area contributed by atoms with Gasteiger partial charge < -0.3 is 15.0 Å². The van der Waals surface area contributed by atoms with Gasteiger partial charge in [-0.1, -0.05) is 62.4 Å². The highest BCUT2D eigenvalue weighted by Gasteiger charge is 2.41. The van der Waals surface area contributed by atoms with Crippen molar-refractivity contribution in [1.82, 2.24) is 10.2 Å². The van der Waals surface area contributed by atoms with E-state index in [-0.39, 0.29) is 29.6 Å². The lowest BCUT2D eigenvalue weighted by Crippen LogP contribution is -2.36. The minimum atomic E-state index is -0.303. The van der Waals surface area contributed by atoms with E-state index in [1.165, 1.54) is 0 Å². The lowest BCUT2D eigenvalue weighted by molar-refractivity contribution is -0.133. The molecule has 5 heteroatoms. The lowest BCUT2D eigenvalue weighted by atomic mass is 9.87. The van der Waals surface area contributed by atoms with Crippen molar-refractivity contribution in [2.75, 3.05) is 20.2 Å². The minimum Gasteiger partial charge on any atom is -0.496 e. The molecule has 0 unspecified atom stereocenters. The monoisotopic (exact) mass is 380 g/mol. The maximum absolute atomic E-state index is 13.1. The molecule has 1 saturated heterocycles. The van der Waals surface area contributed by atoms with Crippen LogP contribution >= 0.6 is 0 Å². The van der Waals surface area contributed by atoms with Gasteiger partial charge in [0.1, 0.15) is 5.75 Å². The zero-order valence-electron chi connectivity index (χ0n) is 16.7. The molecule has 1 aliphatic heterocycles. The van der Waals surface area contributed by atoms with Gasteiger partial charge in [-0.05, 0) is 17.2 Å². The summed E-state index contributed by atoms with van der Waals surface area (Å²) in [5.41, 5.74) is 2.03. The number of carbonyl (C=O) groups excluding carboxylic acids is 2. The summed E-state index contributed by atoms with van der Waals surface area (Å²) in [6.07, 6.45) is 0. The van der Waals surface area contributed by atoms with E-state index < -0.39 is 0 Å². The van der Waals surface area contributed by atoms with Gasteiger partial charge in [-0.2, -0.15) is 0 Å². The van der Waals surface area contributed by atoms with Crippen LogP contribution in [0.3, 0.4) is 0 Å². The number of nitrogens with zero attached hydrogens (tertiary/aromatic N) is 1. The zero-order valence-corrected chi connectivity index (χ0v) is 16.7. The van der Waals surface area contributed by atoms with Gasteiger partial charge in [0.2, 0.25) is 11.8 Å². The third kappa shape index (κ3) is 4.35. The number of nitrogens with one attached hydrogen (secondary N) is 1. The molecule has 148 valence electrons. The van der Waals surface area contributed by atoms with E-state index in [2.05, 4.69) is 5.32 Å². The lowest BCUT2D eigenvalue weighted by Gasteiger charge is -2.20. The van der Waals surface area contributed by atoms with E-state index >= 15 is 0 Å². The topological polar surface area (TPSA) is 58.6 Å². The Morgan fingerprint density at radius 2 is 1.75 bits per heavy atom. The number of hydrogen-bond donors (Lipinski definition) is 1. The van der Waals surface area contributed by atoms with E-state index in [0.29, 0.717) is 19.6 Å². The minimum absolute atomic E-state index is 0.0289. The Bertz CT molecular complexity index is 820. The van der Waals surface area contributed by atoms with E-state index in [0.717, 1.165) is 16.9 Å². The predicted octanol–water partition coefficient (Wildman–Crippen LogP) is 3.21. The van der Waals surface area contributed by atoms with Crippen molar-refractivity contribution >= 4 is 11.8 Å². The summed E-state index contributed by atoms with van der Waals surface area (Å²) in [5, 5.41) is 3.05. The molecule has 0 radical (unpaired) electrons. The van der Waals surface area contributed by atoms with Gasteiger partial charge in [0.05, 0.1) is 13.0 Å². The van der Waals surface area contributed by atoms with Crippen molar-refractivity contribution in [1.29, 1.82) is 0 Å². The molecule has 1 fully saturated rings. The third-order valence-electron chi connectivity index (χ3n) is 5.31. The Morgan fingerprint density at radius 3 is 2.43 bits per heavy atom. The maximum Gasteiger partial charge on any atom is 0.225 e. The SMILES string of the molecule is COc1ccccc1[C@@H]1CN(C(=O)C(C)C)C[C@@H]1C(=O)NCc1ccccc1. The summed E-state index contributed by atoms with van der Waals surface area (Å²) in [6.45, 7) is 5.22. The number of hydrogen-bond acceptors (Lipinski definition) is 3. The van der Waals surface area contributed by atoms with Crippen molar-refractivity contribution in [3.63, 3.8) is 0 Å². The number of ether oxygens (including phenoxy) is 1. The van der Waals surface area contributed by atoms with Gasteiger partial charge in [0.15, 0.2) is 0 Å². The highest BCUT2D eigenvalue weighted by molar-refractivity contribution is 5.84. The van der Waals surface area contributed by atoms with Crippen LogP contribution in [0.5, 0.6) is 5.75 Å². The van der Waals surface area contributed by atoms with Gasteiger partial charge in [-0.25, -0.2) is 0 Å². The standard InChI is InChI=1S/C23H28N2O3/c1-16(2)23(27)25-14-19(18-11-7-8-12-21(18)28-3)20(15-25)22(26)24-13-17-9-5-4-6-10-17/h4-12,16,19-20H,13-15H2,1-3H3,(H,24,26)/t19-,20-/m0/s1. The number of rotatable bonds is 6. The maximum atomic E-state index is 13.1. The fourth-order valence-corrected chi connectivity index (χ4v) is 3.82. The number of carbonyl (C=O) groups is 2. The number of amides is 2. The molecule has 2 aromatic carbocycles. The smallest absolute Gasteiger partial charge is 0.225 e. The summed E-state index contributed by atoms with van der Waals surface area (Å²) in [6, 6.07) is 17.6. The van der Waals surface area contributed by atoms with Gasteiger partial charge in [-0.3, -0.25) is 9.59 Å². The molecule has 5 nitrogen and oxygen atoms in total. The quantitative estimate of drug-likeness (QED) is 0.837. The van der Waals surface area contributed by atoms with E-state index in [1.807, 2.05) is 73.3 Å². The van der Waals surface area contributed by atoms with Crippen molar-refractivity contribution in [2.45, 2.75) is 26.3 Å². The van der Waals surface area contributed by atoms with Crippen molar-refractivity contribution in [3.05, 3.63) is 65.7 Å². The first-order valence-corrected chi connectivity index (χ1v) is 9.74.